The SMILES string of the molecule is Cc1ccc([S@](=O)ONc2cccc(NO[S@@](=O)c3ccc(C)cc3)c2)cc1. The Labute approximate surface area is 169 Å². The van der Waals surface area contributed by atoms with Crippen LogP contribution in [0.3, 0.4) is 0 Å². The first-order chi connectivity index (χ1) is 13.5. The maximum atomic E-state index is 12.2. The molecule has 3 aromatic rings. The van der Waals surface area contributed by atoms with Crippen LogP contribution in [0.15, 0.2) is 82.6 Å². The fourth-order valence-electron chi connectivity index (χ4n) is 2.21. The van der Waals surface area contributed by atoms with E-state index in [1.165, 1.54) is 0 Å². The van der Waals surface area contributed by atoms with Crippen LogP contribution in [0, 0.1) is 13.8 Å². The second-order valence-corrected chi connectivity index (χ2v) is 8.26. The zero-order chi connectivity index (χ0) is 19.9. The number of anilines is 2. The molecule has 8 heteroatoms. The van der Waals surface area contributed by atoms with Gasteiger partial charge in [-0.25, -0.2) is 8.42 Å². The maximum Gasteiger partial charge on any atom is 0.212 e. The van der Waals surface area contributed by atoms with Crippen molar-refractivity contribution in [3.05, 3.63) is 83.9 Å². The van der Waals surface area contributed by atoms with E-state index in [-0.39, 0.29) is 0 Å². The molecule has 0 unspecified atom stereocenters. The van der Waals surface area contributed by atoms with Gasteiger partial charge in [0.15, 0.2) is 0 Å². The van der Waals surface area contributed by atoms with Gasteiger partial charge in [-0.05, 0) is 56.3 Å². The van der Waals surface area contributed by atoms with Crippen LogP contribution < -0.4 is 11.0 Å². The lowest BCUT2D eigenvalue weighted by Crippen LogP contribution is -2.07. The number of hydrogen-bond acceptors (Lipinski definition) is 6. The van der Waals surface area contributed by atoms with E-state index in [9.17, 15) is 8.42 Å². The molecular formula is C20H20N2O4S2. The van der Waals surface area contributed by atoms with Gasteiger partial charge in [0, 0.05) is 0 Å². The molecule has 0 amide bonds. The van der Waals surface area contributed by atoms with Crippen molar-refractivity contribution in [2.45, 2.75) is 23.6 Å². The quantitative estimate of drug-likeness (QED) is 0.529. The number of nitrogens with one attached hydrogen (secondary N) is 2. The van der Waals surface area contributed by atoms with Gasteiger partial charge in [-0.15, -0.1) is 0 Å². The number of hydrogen-bond donors (Lipinski definition) is 2. The van der Waals surface area contributed by atoms with Crippen LogP contribution in [0.25, 0.3) is 0 Å². The summed E-state index contributed by atoms with van der Waals surface area (Å²) in [6, 6.07) is 21.4. The summed E-state index contributed by atoms with van der Waals surface area (Å²) in [6.45, 7) is 3.91. The van der Waals surface area contributed by atoms with Crippen molar-refractivity contribution in [2.24, 2.45) is 0 Å². The summed E-state index contributed by atoms with van der Waals surface area (Å²) in [5.41, 5.74) is 8.59. The first-order valence-electron chi connectivity index (χ1n) is 8.45. The molecule has 3 aromatic carbocycles. The first kappa shape index (κ1) is 20.2. The molecule has 6 nitrogen and oxygen atoms in total. The van der Waals surface area contributed by atoms with E-state index in [1.807, 2.05) is 38.1 Å². The zero-order valence-corrected chi connectivity index (χ0v) is 17.0. The highest BCUT2D eigenvalue weighted by atomic mass is 32.2. The molecule has 0 saturated heterocycles. The van der Waals surface area contributed by atoms with Crippen LogP contribution in [0.5, 0.6) is 0 Å². The lowest BCUT2D eigenvalue weighted by Gasteiger charge is -2.09. The van der Waals surface area contributed by atoms with Gasteiger partial charge < -0.3 is 0 Å². The van der Waals surface area contributed by atoms with Crippen molar-refractivity contribution in [1.82, 2.24) is 0 Å². The monoisotopic (exact) mass is 416 g/mol. The van der Waals surface area contributed by atoms with E-state index in [1.54, 1.807) is 48.5 Å². The van der Waals surface area contributed by atoms with Crippen LogP contribution in [0.4, 0.5) is 11.4 Å². The van der Waals surface area contributed by atoms with Crippen molar-refractivity contribution < 1.29 is 17.0 Å². The zero-order valence-electron chi connectivity index (χ0n) is 15.4. The molecule has 0 fully saturated rings. The molecule has 0 aliphatic heterocycles. The van der Waals surface area contributed by atoms with Crippen molar-refractivity contribution in [2.75, 3.05) is 11.0 Å². The van der Waals surface area contributed by atoms with E-state index in [0.717, 1.165) is 11.1 Å². The van der Waals surface area contributed by atoms with Crippen LogP contribution >= 0.6 is 0 Å². The lowest BCUT2D eigenvalue weighted by atomic mass is 10.2. The minimum atomic E-state index is -1.65. The predicted molar refractivity (Wildman–Crippen MR) is 111 cm³/mol. The third kappa shape index (κ3) is 5.74. The van der Waals surface area contributed by atoms with Crippen LogP contribution in [-0.2, 0) is 30.7 Å². The fraction of sp³-hybridized carbons (Fsp3) is 0.100. The molecule has 146 valence electrons. The molecule has 0 radical (unpaired) electrons. The molecule has 0 aliphatic carbocycles. The molecule has 0 spiro atoms. The lowest BCUT2D eigenvalue weighted by molar-refractivity contribution is 0.433. The van der Waals surface area contributed by atoms with Crippen LogP contribution in [0.2, 0.25) is 0 Å². The van der Waals surface area contributed by atoms with Gasteiger partial charge in [-0.2, -0.15) is 8.57 Å². The Balaban J connectivity index is 1.54. The average molecular weight is 417 g/mol. The fourth-order valence-corrected chi connectivity index (χ4v) is 3.47. The van der Waals surface area contributed by atoms with E-state index in [4.69, 9.17) is 8.57 Å². The summed E-state index contributed by atoms with van der Waals surface area (Å²) in [5.74, 6) is 0. The molecule has 2 atom stereocenters. The van der Waals surface area contributed by atoms with Crippen molar-refractivity contribution in [1.29, 1.82) is 0 Å². The average Bonchev–Trinajstić information content (AvgIpc) is 2.71. The van der Waals surface area contributed by atoms with Gasteiger partial charge in [0.2, 0.25) is 22.2 Å². The van der Waals surface area contributed by atoms with E-state index in [2.05, 4.69) is 11.0 Å². The highest BCUT2D eigenvalue weighted by Crippen LogP contribution is 2.18. The number of benzene rings is 3. The maximum absolute atomic E-state index is 12.2. The van der Waals surface area contributed by atoms with Crippen molar-refractivity contribution in [3.8, 4) is 0 Å². The van der Waals surface area contributed by atoms with E-state index >= 15 is 0 Å². The summed E-state index contributed by atoms with van der Waals surface area (Å²) in [4.78, 5) is 1.12. The highest BCUT2D eigenvalue weighted by molar-refractivity contribution is 7.80. The Bertz CT molecular complexity index is 900. The van der Waals surface area contributed by atoms with E-state index in [0.29, 0.717) is 21.2 Å². The number of rotatable bonds is 8. The van der Waals surface area contributed by atoms with Gasteiger partial charge >= 0.3 is 0 Å². The summed E-state index contributed by atoms with van der Waals surface area (Å²) >= 11 is -3.30. The minimum Gasteiger partial charge on any atom is -0.251 e. The molecule has 0 aliphatic rings. The normalized spacial score (nSPS) is 12.9. The molecular weight excluding hydrogens is 396 g/mol. The Kier molecular flexibility index (Phi) is 6.94. The molecule has 28 heavy (non-hydrogen) atoms. The largest absolute Gasteiger partial charge is 0.251 e. The van der Waals surface area contributed by atoms with Crippen LogP contribution in [0.1, 0.15) is 11.1 Å². The third-order valence-corrected chi connectivity index (χ3v) is 5.54. The molecule has 0 saturated carbocycles. The predicted octanol–water partition coefficient (Wildman–Crippen LogP) is 4.44. The number of aryl methyl sites for hydroxylation is 2. The summed E-state index contributed by atoms with van der Waals surface area (Å²) < 4.78 is 34.7. The van der Waals surface area contributed by atoms with Crippen molar-refractivity contribution >= 4 is 33.5 Å². The third-order valence-electron chi connectivity index (χ3n) is 3.76. The topological polar surface area (TPSA) is 76.7 Å². The van der Waals surface area contributed by atoms with Gasteiger partial charge in [-0.3, -0.25) is 11.0 Å². The second-order valence-electron chi connectivity index (χ2n) is 6.05. The summed E-state index contributed by atoms with van der Waals surface area (Å²) in [7, 11) is 0. The van der Waals surface area contributed by atoms with Gasteiger partial charge in [-0.1, -0.05) is 41.5 Å². The smallest absolute Gasteiger partial charge is 0.212 e. The minimum absolute atomic E-state index is 0.559. The standard InChI is InChI=1S/C20H20N2O4S2/c1-15-6-10-19(11-7-15)27(23)25-21-17-4-3-5-18(14-17)22-26-28(24)20-12-8-16(2)9-13-20/h3-14,21-22H,1-2H3/t27-,28-/m1/s1. The summed E-state index contributed by atoms with van der Waals surface area (Å²) in [5, 5.41) is 0. The Morgan fingerprint density at radius 3 is 1.43 bits per heavy atom. The van der Waals surface area contributed by atoms with Gasteiger partial charge in [0.1, 0.15) is 0 Å². The first-order valence-corrected chi connectivity index (χ1v) is 10.6. The van der Waals surface area contributed by atoms with E-state index < -0.39 is 22.2 Å². The molecule has 0 aromatic heterocycles. The Hall–Kier alpha value is -2.52. The molecule has 0 heterocycles. The van der Waals surface area contributed by atoms with Gasteiger partial charge in [0.05, 0.1) is 21.2 Å². The van der Waals surface area contributed by atoms with Crippen LogP contribution in [-0.4, -0.2) is 8.42 Å². The molecule has 2 N–H and O–H groups in total. The van der Waals surface area contributed by atoms with Gasteiger partial charge in [0.25, 0.3) is 0 Å². The summed E-state index contributed by atoms with van der Waals surface area (Å²) in [6.07, 6.45) is 0. The Morgan fingerprint density at radius 1 is 0.643 bits per heavy atom. The highest BCUT2D eigenvalue weighted by Gasteiger charge is 2.07. The molecule has 0 bridgehead atoms. The second kappa shape index (κ2) is 9.61. The Morgan fingerprint density at radius 2 is 1.04 bits per heavy atom. The van der Waals surface area contributed by atoms with Crippen molar-refractivity contribution in [3.63, 3.8) is 0 Å². The molecule has 3 rings (SSSR count).